The van der Waals surface area contributed by atoms with Gasteiger partial charge in [0.25, 0.3) is 5.91 Å². The van der Waals surface area contributed by atoms with Crippen molar-refractivity contribution in [3.8, 4) is 5.75 Å². The van der Waals surface area contributed by atoms with Crippen molar-refractivity contribution in [1.82, 2.24) is 4.57 Å². The van der Waals surface area contributed by atoms with Crippen molar-refractivity contribution in [3.63, 3.8) is 0 Å². The molecule has 0 saturated carbocycles. The number of ether oxygens (including phenoxy) is 1. The molecular formula is C17H13F2NO4S. The zero-order valence-corrected chi connectivity index (χ0v) is 14.1. The van der Waals surface area contributed by atoms with Crippen LogP contribution < -0.4 is 4.74 Å². The molecular weight excluding hydrogens is 352 g/mol. The van der Waals surface area contributed by atoms with Crippen LogP contribution in [0.2, 0.25) is 0 Å². The molecule has 0 aliphatic heterocycles. The Morgan fingerprint density at radius 3 is 2.60 bits per heavy atom. The lowest BCUT2D eigenvalue weighted by Gasteiger charge is -2.06. The van der Waals surface area contributed by atoms with Gasteiger partial charge >= 0.3 is 5.97 Å². The predicted octanol–water partition coefficient (Wildman–Crippen LogP) is 3.61. The first-order valence-corrected chi connectivity index (χ1v) is 8.10. The topological polar surface area (TPSA) is 68.5 Å². The van der Waals surface area contributed by atoms with E-state index in [-0.39, 0.29) is 27.8 Å². The maximum Gasteiger partial charge on any atom is 0.307 e. The van der Waals surface area contributed by atoms with Crippen LogP contribution in [0.5, 0.6) is 5.75 Å². The quantitative estimate of drug-likeness (QED) is 0.767. The van der Waals surface area contributed by atoms with Crippen molar-refractivity contribution < 1.29 is 28.2 Å². The highest BCUT2D eigenvalue weighted by Crippen LogP contribution is 2.34. The second-order valence-electron chi connectivity index (χ2n) is 5.39. The molecule has 130 valence electrons. The van der Waals surface area contributed by atoms with E-state index < -0.39 is 29.2 Å². The van der Waals surface area contributed by atoms with Gasteiger partial charge in [-0.1, -0.05) is 0 Å². The highest BCUT2D eigenvalue weighted by molar-refractivity contribution is 7.08. The summed E-state index contributed by atoms with van der Waals surface area (Å²) >= 11 is 0.776. The van der Waals surface area contributed by atoms with Crippen LogP contribution in [0.1, 0.15) is 21.6 Å². The van der Waals surface area contributed by atoms with Gasteiger partial charge < -0.3 is 9.84 Å². The molecule has 3 rings (SSSR count). The third-order valence-corrected chi connectivity index (χ3v) is 4.68. The molecule has 0 spiro atoms. The summed E-state index contributed by atoms with van der Waals surface area (Å²) in [6.07, 6.45) is -0.454. The summed E-state index contributed by atoms with van der Waals surface area (Å²) in [6, 6.07) is 3.94. The standard InChI is InChI=1S/C17H13F2NO4S/c1-8-10(6-14(21)22)15-11(3-4-12(24-2)16(15)19)20(8)17(23)9-5-13(18)25-7-9/h3-5,7H,6H2,1-2H3,(H,21,22). The first-order chi connectivity index (χ1) is 11.8. The van der Waals surface area contributed by atoms with Crippen molar-refractivity contribution in [1.29, 1.82) is 0 Å². The van der Waals surface area contributed by atoms with Gasteiger partial charge in [-0.15, -0.1) is 11.3 Å². The lowest BCUT2D eigenvalue weighted by Crippen LogP contribution is -2.13. The van der Waals surface area contributed by atoms with Gasteiger partial charge in [0.1, 0.15) is 0 Å². The second-order valence-corrected chi connectivity index (χ2v) is 6.25. The van der Waals surface area contributed by atoms with Gasteiger partial charge in [0.2, 0.25) is 0 Å². The Balaban J connectivity index is 2.32. The number of aromatic nitrogens is 1. The number of hydrogen-bond donors (Lipinski definition) is 1. The molecule has 8 heteroatoms. The van der Waals surface area contributed by atoms with E-state index in [0.717, 1.165) is 17.4 Å². The fourth-order valence-corrected chi connectivity index (χ4v) is 3.46. The average molecular weight is 365 g/mol. The number of aliphatic carboxylic acids is 1. The van der Waals surface area contributed by atoms with Crippen LogP contribution in [0.3, 0.4) is 0 Å². The van der Waals surface area contributed by atoms with Crippen LogP contribution in [0.15, 0.2) is 23.6 Å². The van der Waals surface area contributed by atoms with E-state index in [0.29, 0.717) is 5.69 Å². The van der Waals surface area contributed by atoms with Crippen LogP contribution in [0, 0.1) is 17.9 Å². The Morgan fingerprint density at radius 1 is 1.32 bits per heavy atom. The van der Waals surface area contributed by atoms with Crippen LogP contribution in [0.25, 0.3) is 10.9 Å². The van der Waals surface area contributed by atoms with Crippen molar-refractivity contribution >= 4 is 34.1 Å². The molecule has 0 fully saturated rings. The lowest BCUT2D eigenvalue weighted by atomic mass is 10.1. The Hall–Kier alpha value is -2.74. The molecule has 0 aliphatic rings. The summed E-state index contributed by atoms with van der Waals surface area (Å²) in [5, 5.41) is 10.0. The predicted molar refractivity (Wildman–Crippen MR) is 88.5 cm³/mol. The molecule has 0 aliphatic carbocycles. The number of thiophene rings is 1. The molecule has 1 aromatic carbocycles. The number of methoxy groups -OCH3 is 1. The number of nitrogens with zero attached hydrogens (tertiary/aromatic N) is 1. The number of carbonyl (C=O) groups is 2. The van der Waals surface area contributed by atoms with Crippen LogP contribution in [-0.4, -0.2) is 28.7 Å². The summed E-state index contributed by atoms with van der Waals surface area (Å²) in [5.74, 6) is -2.49. The van der Waals surface area contributed by atoms with Crippen molar-refractivity contribution in [2.24, 2.45) is 0 Å². The van der Waals surface area contributed by atoms with Gasteiger partial charge in [0.15, 0.2) is 16.7 Å². The van der Waals surface area contributed by atoms with Gasteiger partial charge in [-0.3, -0.25) is 14.2 Å². The smallest absolute Gasteiger partial charge is 0.307 e. The summed E-state index contributed by atoms with van der Waals surface area (Å²) in [7, 11) is 1.30. The van der Waals surface area contributed by atoms with Crippen molar-refractivity contribution in [3.05, 3.63) is 51.3 Å². The summed E-state index contributed by atoms with van der Waals surface area (Å²) in [6.45, 7) is 1.53. The minimum atomic E-state index is -1.15. The molecule has 0 atom stereocenters. The number of hydrogen-bond acceptors (Lipinski definition) is 4. The average Bonchev–Trinajstić information content (AvgIpc) is 3.10. The largest absolute Gasteiger partial charge is 0.494 e. The number of carboxylic acid groups (broad SMARTS) is 1. The minimum Gasteiger partial charge on any atom is -0.494 e. The van der Waals surface area contributed by atoms with Crippen LogP contribution >= 0.6 is 11.3 Å². The number of fused-ring (bicyclic) bond motifs is 1. The Labute approximate surface area is 145 Å². The Morgan fingerprint density at radius 2 is 2.04 bits per heavy atom. The van der Waals surface area contributed by atoms with Crippen molar-refractivity contribution in [2.45, 2.75) is 13.3 Å². The zero-order valence-electron chi connectivity index (χ0n) is 13.3. The van der Waals surface area contributed by atoms with Crippen molar-refractivity contribution in [2.75, 3.05) is 7.11 Å². The van der Waals surface area contributed by atoms with E-state index in [1.807, 2.05) is 0 Å². The molecule has 5 nitrogen and oxygen atoms in total. The molecule has 0 saturated heterocycles. The second kappa shape index (κ2) is 6.29. The monoisotopic (exact) mass is 365 g/mol. The number of carbonyl (C=O) groups excluding carboxylic acids is 1. The highest BCUT2D eigenvalue weighted by Gasteiger charge is 2.25. The molecule has 0 bridgehead atoms. The maximum atomic E-state index is 14.7. The van der Waals surface area contributed by atoms with Gasteiger partial charge in [0, 0.05) is 16.5 Å². The molecule has 2 aromatic heterocycles. The van der Waals surface area contributed by atoms with E-state index in [1.54, 1.807) is 0 Å². The molecule has 1 N–H and O–H groups in total. The van der Waals surface area contributed by atoms with E-state index in [2.05, 4.69) is 0 Å². The number of carboxylic acids is 1. The van der Waals surface area contributed by atoms with Crippen LogP contribution in [0.4, 0.5) is 8.78 Å². The van der Waals surface area contributed by atoms with E-state index in [9.17, 15) is 18.4 Å². The Bertz CT molecular complexity index is 1010. The zero-order chi connectivity index (χ0) is 18.3. The molecule has 0 unspecified atom stereocenters. The number of rotatable bonds is 4. The molecule has 0 radical (unpaired) electrons. The number of halogens is 2. The fraction of sp³-hybridized carbons (Fsp3) is 0.176. The fourth-order valence-electron chi connectivity index (χ4n) is 2.85. The van der Waals surface area contributed by atoms with Crippen LogP contribution in [-0.2, 0) is 11.2 Å². The number of benzene rings is 1. The Kier molecular flexibility index (Phi) is 4.30. The first kappa shape index (κ1) is 17.1. The normalized spacial score (nSPS) is 11.0. The lowest BCUT2D eigenvalue weighted by molar-refractivity contribution is -0.136. The summed E-state index contributed by atoms with van der Waals surface area (Å²) in [5.41, 5.74) is 0.799. The van der Waals surface area contributed by atoms with E-state index in [1.165, 1.54) is 36.1 Å². The summed E-state index contributed by atoms with van der Waals surface area (Å²) < 4.78 is 34.2. The highest BCUT2D eigenvalue weighted by atomic mass is 32.1. The minimum absolute atomic E-state index is 0.0169. The SMILES string of the molecule is COc1ccc2c(c1F)c(CC(=O)O)c(C)n2C(=O)c1csc(F)c1. The molecule has 2 heterocycles. The maximum absolute atomic E-state index is 14.7. The van der Waals surface area contributed by atoms with E-state index in [4.69, 9.17) is 9.84 Å². The van der Waals surface area contributed by atoms with Gasteiger partial charge in [-0.2, -0.15) is 4.39 Å². The summed E-state index contributed by atoms with van der Waals surface area (Å²) in [4.78, 5) is 23.9. The molecule has 3 aromatic rings. The van der Waals surface area contributed by atoms with Gasteiger partial charge in [-0.25, -0.2) is 4.39 Å². The molecule has 0 amide bonds. The molecule has 25 heavy (non-hydrogen) atoms. The van der Waals surface area contributed by atoms with Gasteiger partial charge in [-0.05, 0) is 30.7 Å². The van der Waals surface area contributed by atoms with Gasteiger partial charge in [0.05, 0.1) is 24.6 Å². The third kappa shape index (κ3) is 2.78. The third-order valence-electron chi connectivity index (χ3n) is 3.96. The van der Waals surface area contributed by atoms with E-state index >= 15 is 0 Å². The first-order valence-electron chi connectivity index (χ1n) is 7.22.